The first kappa shape index (κ1) is 17.3. The standard InChI is InChI=1S/C12H17IN2O4S/c1-2-3-8-15(9-12(16)14-17)20(18,19)11-6-4-10(13)5-7-11/h4-7,17H,2-3,8-9H2,1H3,(H,14,16). The van der Waals surface area contributed by atoms with Gasteiger partial charge in [-0.15, -0.1) is 0 Å². The molecule has 1 aromatic rings. The fraction of sp³-hybridized carbons (Fsp3) is 0.417. The predicted octanol–water partition coefficient (Wildman–Crippen LogP) is 1.59. The van der Waals surface area contributed by atoms with Gasteiger partial charge in [-0.05, 0) is 53.3 Å². The van der Waals surface area contributed by atoms with Crippen LogP contribution < -0.4 is 5.48 Å². The lowest BCUT2D eigenvalue weighted by Gasteiger charge is -2.21. The van der Waals surface area contributed by atoms with E-state index in [2.05, 4.69) is 22.6 Å². The van der Waals surface area contributed by atoms with Crippen molar-refractivity contribution in [2.45, 2.75) is 24.7 Å². The highest BCUT2D eigenvalue weighted by Crippen LogP contribution is 2.17. The molecule has 6 nitrogen and oxygen atoms in total. The summed E-state index contributed by atoms with van der Waals surface area (Å²) in [7, 11) is -3.74. The number of hydrogen-bond acceptors (Lipinski definition) is 4. The van der Waals surface area contributed by atoms with Crippen molar-refractivity contribution in [2.75, 3.05) is 13.1 Å². The molecule has 0 heterocycles. The number of benzene rings is 1. The summed E-state index contributed by atoms with van der Waals surface area (Å²) < 4.78 is 26.9. The van der Waals surface area contributed by atoms with Crippen molar-refractivity contribution in [2.24, 2.45) is 0 Å². The Kier molecular flexibility index (Phi) is 6.86. The first-order valence-electron chi connectivity index (χ1n) is 6.10. The number of nitrogens with one attached hydrogen (secondary N) is 1. The van der Waals surface area contributed by atoms with Gasteiger partial charge in [0.05, 0.1) is 11.4 Å². The summed E-state index contributed by atoms with van der Waals surface area (Å²) in [6.45, 7) is 1.77. The zero-order valence-corrected chi connectivity index (χ0v) is 14.0. The lowest BCUT2D eigenvalue weighted by molar-refractivity contribution is -0.129. The molecule has 0 radical (unpaired) electrons. The molecule has 0 saturated carbocycles. The van der Waals surface area contributed by atoms with Crippen molar-refractivity contribution in [1.82, 2.24) is 9.79 Å². The summed E-state index contributed by atoms with van der Waals surface area (Å²) in [5.74, 6) is -0.754. The van der Waals surface area contributed by atoms with Crippen LogP contribution in [0.3, 0.4) is 0 Å². The van der Waals surface area contributed by atoms with E-state index in [-0.39, 0.29) is 11.4 Å². The van der Waals surface area contributed by atoms with E-state index in [4.69, 9.17) is 5.21 Å². The van der Waals surface area contributed by atoms with Crippen LogP contribution >= 0.6 is 22.6 Å². The van der Waals surface area contributed by atoms with Gasteiger partial charge < -0.3 is 0 Å². The average molecular weight is 412 g/mol. The predicted molar refractivity (Wildman–Crippen MR) is 82.8 cm³/mol. The molecule has 112 valence electrons. The second-order valence-corrected chi connectivity index (χ2v) is 7.36. The Morgan fingerprint density at radius 1 is 1.35 bits per heavy atom. The van der Waals surface area contributed by atoms with Crippen molar-refractivity contribution >= 4 is 38.5 Å². The number of rotatable bonds is 7. The van der Waals surface area contributed by atoms with E-state index in [1.165, 1.54) is 17.6 Å². The van der Waals surface area contributed by atoms with Crippen LogP contribution in [0.2, 0.25) is 0 Å². The summed E-state index contributed by atoms with van der Waals surface area (Å²) in [6, 6.07) is 6.40. The highest BCUT2D eigenvalue weighted by molar-refractivity contribution is 14.1. The van der Waals surface area contributed by atoms with Crippen molar-refractivity contribution in [1.29, 1.82) is 0 Å². The van der Waals surface area contributed by atoms with Crippen molar-refractivity contribution < 1.29 is 18.4 Å². The van der Waals surface area contributed by atoms with E-state index in [9.17, 15) is 13.2 Å². The van der Waals surface area contributed by atoms with E-state index in [0.29, 0.717) is 6.42 Å². The normalized spacial score (nSPS) is 11.6. The number of halogens is 1. The van der Waals surface area contributed by atoms with Crippen molar-refractivity contribution in [3.8, 4) is 0 Å². The maximum absolute atomic E-state index is 12.5. The number of hydroxylamine groups is 1. The van der Waals surface area contributed by atoms with Gasteiger partial charge in [0.25, 0.3) is 5.91 Å². The molecule has 0 aliphatic carbocycles. The Morgan fingerprint density at radius 3 is 2.45 bits per heavy atom. The second-order valence-electron chi connectivity index (χ2n) is 4.18. The topological polar surface area (TPSA) is 86.7 Å². The number of carbonyl (C=O) groups excluding carboxylic acids is 1. The fourth-order valence-electron chi connectivity index (χ4n) is 1.57. The third kappa shape index (κ3) is 4.69. The minimum atomic E-state index is -3.74. The molecule has 1 rings (SSSR count). The molecule has 1 aromatic carbocycles. The number of carbonyl (C=O) groups is 1. The quantitative estimate of drug-likeness (QED) is 0.405. The van der Waals surface area contributed by atoms with Crippen LogP contribution in [0.5, 0.6) is 0 Å². The monoisotopic (exact) mass is 412 g/mol. The van der Waals surface area contributed by atoms with E-state index in [1.54, 1.807) is 12.1 Å². The minimum Gasteiger partial charge on any atom is -0.289 e. The van der Waals surface area contributed by atoms with Crippen LogP contribution in [-0.2, 0) is 14.8 Å². The maximum Gasteiger partial charge on any atom is 0.258 e. The molecule has 2 N–H and O–H groups in total. The Labute approximate surface area is 132 Å². The number of amides is 1. The first-order chi connectivity index (χ1) is 9.41. The molecular formula is C12H17IN2O4S. The van der Waals surface area contributed by atoms with Gasteiger partial charge in [-0.25, -0.2) is 13.9 Å². The second kappa shape index (κ2) is 7.91. The first-order valence-corrected chi connectivity index (χ1v) is 8.62. The Bertz CT molecular complexity index is 545. The molecule has 0 unspecified atom stereocenters. The number of unbranched alkanes of at least 4 members (excludes halogenated alkanes) is 1. The van der Waals surface area contributed by atoms with Crippen molar-refractivity contribution in [3.63, 3.8) is 0 Å². The van der Waals surface area contributed by atoms with Crippen LogP contribution in [0.15, 0.2) is 29.2 Å². The highest BCUT2D eigenvalue weighted by Gasteiger charge is 2.25. The molecule has 0 bridgehead atoms. The van der Waals surface area contributed by atoms with E-state index >= 15 is 0 Å². The molecule has 0 atom stereocenters. The minimum absolute atomic E-state index is 0.139. The van der Waals surface area contributed by atoms with Crippen LogP contribution in [0.25, 0.3) is 0 Å². The molecule has 1 amide bonds. The number of sulfonamides is 1. The van der Waals surface area contributed by atoms with Gasteiger partial charge in [0.15, 0.2) is 0 Å². The van der Waals surface area contributed by atoms with Crippen molar-refractivity contribution in [3.05, 3.63) is 27.8 Å². The van der Waals surface area contributed by atoms with Gasteiger partial charge in [0, 0.05) is 10.1 Å². The van der Waals surface area contributed by atoms with Gasteiger partial charge in [0.1, 0.15) is 0 Å². The molecule has 0 aromatic heterocycles. The Balaban J connectivity index is 3.03. The average Bonchev–Trinajstić information content (AvgIpc) is 2.43. The molecule has 0 aliphatic heterocycles. The fourth-order valence-corrected chi connectivity index (χ4v) is 3.36. The van der Waals surface area contributed by atoms with Gasteiger partial charge >= 0.3 is 0 Å². The highest BCUT2D eigenvalue weighted by atomic mass is 127. The maximum atomic E-state index is 12.5. The van der Waals surface area contributed by atoms with Gasteiger partial charge in [0.2, 0.25) is 10.0 Å². The third-order valence-corrected chi connectivity index (χ3v) is 5.24. The van der Waals surface area contributed by atoms with E-state index < -0.39 is 22.5 Å². The SMILES string of the molecule is CCCCN(CC(=O)NO)S(=O)(=O)c1ccc(I)cc1. The summed E-state index contributed by atoms with van der Waals surface area (Å²) in [4.78, 5) is 11.4. The zero-order valence-electron chi connectivity index (χ0n) is 11.0. The Hall–Kier alpha value is -0.710. The summed E-state index contributed by atoms with van der Waals surface area (Å²) in [5, 5.41) is 8.56. The molecular weight excluding hydrogens is 395 g/mol. The molecule has 0 aliphatic rings. The van der Waals surface area contributed by atoms with E-state index in [1.807, 2.05) is 6.92 Å². The molecule has 0 saturated heterocycles. The van der Waals surface area contributed by atoms with Crippen LogP contribution in [-0.4, -0.2) is 36.9 Å². The molecule has 0 spiro atoms. The molecule has 20 heavy (non-hydrogen) atoms. The van der Waals surface area contributed by atoms with Gasteiger partial charge in [-0.1, -0.05) is 13.3 Å². The number of hydrogen-bond donors (Lipinski definition) is 2. The number of nitrogens with zero attached hydrogens (tertiary/aromatic N) is 1. The molecule has 8 heteroatoms. The summed E-state index contributed by atoms with van der Waals surface area (Å²) >= 11 is 2.08. The lowest BCUT2D eigenvalue weighted by atomic mass is 10.3. The van der Waals surface area contributed by atoms with E-state index in [0.717, 1.165) is 14.3 Å². The lowest BCUT2D eigenvalue weighted by Crippen LogP contribution is -2.40. The molecule has 0 fully saturated rings. The van der Waals surface area contributed by atoms with Crippen LogP contribution in [0.4, 0.5) is 0 Å². The largest absolute Gasteiger partial charge is 0.289 e. The summed E-state index contributed by atoms with van der Waals surface area (Å²) in [6.07, 6.45) is 1.45. The third-order valence-electron chi connectivity index (χ3n) is 2.66. The van der Waals surface area contributed by atoms with Crippen LogP contribution in [0, 0.1) is 3.57 Å². The zero-order chi connectivity index (χ0) is 15.2. The summed E-state index contributed by atoms with van der Waals surface area (Å²) in [5.41, 5.74) is 1.46. The van der Waals surface area contributed by atoms with Gasteiger partial charge in [-0.3, -0.25) is 10.0 Å². The van der Waals surface area contributed by atoms with Gasteiger partial charge in [-0.2, -0.15) is 4.31 Å². The smallest absolute Gasteiger partial charge is 0.258 e. The Morgan fingerprint density at radius 2 is 1.95 bits per heavy atom. The van der Waals surface area contributed by atoms with Crippen LogP contribution in [0.1, 0.15) is 19.8 Å².